The maximum Gasteiger partial charge on any atom is 0.329 e. The smallest absolute Gasteiger partial charge is 0.329 e. The fourth-order valence-electron chi connectivity index (χ4n) is 3.67. The first-order valence-corrected chi connectivity index (χ1v) is 9.01. The average Bonchev–Trinajstić information content (AvgIpc) is 2.52. The standard InChI is InChI=1S/C18H30N2O4/c1-18(2,3)24-17(23)14-6-4-5-11-20(14)16(22)13-9-7-12(8-10-13)15(19)21/h12-14H,4-11H2,1-3H3,(H2,19,21)/t12?,13?,14-/m1/s1. The second-order valence-corrected chi connectivity index (χ2v) is 8.03. The van der Waals surface area contributed by atoms with E-state index in [4.69, 9.17) is 10.5 Å². The van der Waals surface area contributed by atoms with Gasteiger partial charge >= 0.3 is 5.97 Å². The fraction of sp³-hybridized carbons (Fsp3) is 0.833. The Morgan fingerprint density at radius 2 is 1.54 bits per heavy atom. The van der Waals surface area contributed by atoms with Crippen LogP contribution in [0.2, 0.25) is 0 Å². The van der Waals surface area contributed by atoms with E-state index < -0.39 is 11.6 Å². The number of primary amides is 1. The molecule has 2 aliphatic rings. The van der Waals surface area contributed by atoms with Gasteiger partial charge in [0.05, 0.1) is 0 Å². The highest BCUT2D eigenvalue weighted by Crippen LogP contribution is 2.32. The van der Waals surface area contributed by atoms with E-state index in [1.807, 2.05) is 20.8 Å². The van der Waals surface area contributed by atoms with Crippen molar-refractivity contribution in [2.45, 2.75) is 77.4 Å². The second kappa shape index (κ2) is 7.53. The first kappa shape index (κ1) is 18.7. The Morgan fingerprint density at radius 1 is 0.958 bits per heavy atom. The molecule has 6 heteroatoms. The molecule has 2 N–H and O–H groups in total. The van der Waals surface area contributed by atoms with E-state index in [9.17, 15) is 14.4 Å². The van der Waals surface area contributed by atoms with Gasteiger partial charge in [-0.1, -0.05) is 0 Å². The third-order valence-corrected chi connectivity index (χ3v) is 4.94. The summed E-state index contributed by atoms with van der Waals surface area (Å²) in [6, 6.07) is -0.473. The van der Waals surface area contributed by atoms with Crippen molar-refractivity contribution in [3.05, 3.63) is 0 Å². The molecule has 1 saturated carbocycles. The van der Waals surface area contributed by atoms with Crippen LogP contribution in [0.5, 0.6) is 0 Å². The van der Waals surface area contributed by atoms with Crippen molar-refractivity contribution in [3.8, 4) is 0 Å². The summed E-state index contributed by atoms with van der Waals surface area (Å²) < 4.78 is 5.50. The predicted octanol–water partition coefficient (Wildman–Crippen LogP) is 2.00. The number of ether oxygens (including phenoxy) is 1. The minimum absolute atomic E-state index is 0.0356. The highest BCUT2D eigenvalue weighted by atomic mass is 16.6. The number of amides is 2. The molecule has 2 amide bonds. The molecule has 1 aliphatic heterocycles. The summed E-state index contributed by atoms with van der Waals surface area (Å²) in [5.74, 6) is -0.763. The molecule has 2 rings (SSSR count). The van der Waals surface area contributed by atoms with Crippen LogP contribution in [0.4, 0.5) is 0 Å². The van der Waals surface area contributed by atoms with Gasteiger partial charge in [0, 0.05) is 18.4 Å². The Kier molecular flexibility index (Phi) is 5.88. The highest BCUT2D eigenvalue weighted by molar-refractivity contribution is 5.86. The Hall–Kier alpha value is -1.59. The molecule has 0 radical (unpaired) electrons. The van der Waals surface area contributed by atoms with E-state index in [-0.39, 0.29) is 29.6 Å². The van der Waals surface area contributed by atoms with E-state index in [0.717, 1.165) is 12.8 Å². The van der Waals surface area contributed by atoms with Crippen LogP contribution in [0.3, 0.4) is 0 Å². The number of carbonyl (C=O) groups is 3. The summed E-state index contributed by atoms with van der Waals surface area (Å²) in [6.45, 7) is 6.12. The molecular formula is C18H30N2O4. The first-order chi connectivity index (χ1) is 11.2. The number of nitrogens with two attached hydrogens (primary N) is 1. The number of nitrogens with zero attached hydrogens (tertiary/aromatic N) is 1. The molecule has 1 saturated heterocycles. The summed E-state index contributed by atoms with van der Waals surface area (Å²) in [7, 11) is 0. The third-order valence-electron chi connectivity index (χ3n) is 4.94. The van der Waals surface area contributed by atoms with Crippen LogP contribution in [0.1, 0.15) is 65.7 Å². The van der Waals surface area contributed by atoms with Gasteiger partial charge in [0.2, 0.25) is 11.8 Å². The molecule has 0 aromatic heterocycles. The Bertz CT molecular complexity index is 490. The van der Waals surface area contributed by atoms with Crippen molar-refractivity contribution in [2.75, 3.05) is 6.54 Å². The Balaban J connectivity index is 2.00. The zero-order chi connectivity index (χ0) is 17.9. The van der Waals surface area contributed by atoms with Gasteiger partial charge in [0.1, 0.15) is 11.6 Å². The maximum atomic E-state index is 12.9. The number of hydrogen-bond donors (Lipinski definition) is 1. The van der Waals surface area contributed by atoms with E-state index in [1.165, 1.54) is 0 Å². The lowest BCUT2D eigenvalue weighted by molar-refractivity contribution is -0.167. The van der Waals surface area contributed by atoms with Crippen LogP contribution >= 0.6 is 0 Å². The van der Waals surface area contributed by atoms with E-state index in [2.05, 4.69) is 0 Å². The van der Waals surface area contributed by atoms with Gasteiger partial charge in [-0.3, -0.25) is 9.59 Å². The van der Waals surface area contributed by atoms with Crippen LogP contribution in [0, 0.1) is 11.8 Å². The normalized spacial score (nSPS) is 28.3. The van der Waals surface area contributed by atoms with Crippen LogP contribution < -0.4 is 5.73 Å². The Labute approximate surface area is 144 Å². The van der Waals surface area contributed by atoms with Gasteiger partial charge in [-0.2, -0.15) is 0 Å². The van der Waals surface area contributed by atoms with Gasteiger partial charge < -0.3 is 15.4 Å². The van der Waals surface area contributed by atoms with Gasteiger partial charge in [-0.15, -0.1) is 0 Å². The van der Waals surface area contributed by atoms with E-state index in [1.54, 1.807) is 4.90 Å². The molecule has 0 aromatic rings. The molecule has 0 spiro atoms. The molecule has 1 atom stereocenters. The largest absolute Gasteiger partial charge is 0.458 e. The summed E-state index contributed by atoms with van der Waals surface area (Å²) in [6.07, 6.45) is 5.18. The van der Waals surface area contributed by atoms with Gasteiger partial charge in [-0.25, -0.2) is 4.79 Å². The zero-order valence-electron chi connectivity index (χ0n) is 15.0. The number of carbonyl (C=O) groups excluding carboxylic acids is 3. The van der Waals surface area contributed by atoms with Gasteiger partial charge in [0.25, 0.3) is 0 Å². The number of hydrogen-bond acceptors (Lipinski definition) is 4. The fourth-order valence-corrected chi connectivity index (χ4v) is 3.67. The van der Waals surface area contributed by atoms with Crippen molar-refractivity contribution < 1.29 is 19.1 Å². The van der Waals surface area contributed by atoms with Crippen molar-refractivity contribution >= 4 is 17.8 Å². The summed E-state index contributed by atoms with van der Waals surface area (Å²) in [5.41, 5.74) is 4.80. The molecular weight excluding hydrogens is 308 g/mol. The van der Waals surface area contributed by atoms with Crippen molar-refractivity contribution in [1.29, 1.82) is 0 Å². The number of likely N-dealkylation sites (tertiary alicyclic amines) is 1. The molecule has 24 heavy (non-hydrogen) atoms. The van der Waals surface area contributed by atoms with Crippen LogP contribution in [0.15, 0.2) is 0 Å². The molecule has 0 unspecified atom stereocenters. The van der Waals surface area contributed by atoms with E-state index >= 15 is 0 Å². The predicted molar refractivity (Wildman–Crippen MR) is 89.8 cm³/mol. The molecule has 136 valence electrons. The van der Waals surface area contributed by atoms with Crippen LogP contribution in [-0.2, 0) is 19.1 Å². The SMILES string of the molecule is CC(C)(C)OC(=O)[C@H]1CCCCN1C(=O)C1CCC(C(N)=O)CC1. The zero-order valence-corrected chi connectivity index (χ0v) is 15.0. The topological polar surface area (TPSA) is 89.7 Å². The van der Waals surface area contributed by atoms with Crippen molar-refractivity contribution in [3.63, 3.8) is 0 Å². The average molecular weight is 338 g/mol. The van der Waals surface area contributed by atoms with Crippen LogP contribution in [-0.4, -0.2) is 40.9 Å². The van der Waals surface area contributed by atoms with Crippen molar-refractivity contribution in [2.24, 2.45) is 17.6 Å². The first-order valence-electron chi connectivity index (χ1n) is 9.01. The minimum Gasteiger partial charge on any atom is -0.458 e. The van der Waals surface area contributed by atoms with Gasteiger partial charge in [-0.05, 0) is 65.7 Å². The molecule has 1 heterocycles. The number of piperidine rings is 1. The Morgan fingerprint density at radius 3 is 2.08 bits per heavy atom. The van der Waals surface area contributed by atoms with Gasteiger partial charge in [0.15, 0.2) is 0 Å². The summed E-state index contributed by atoms with van der Waals surface area (Å²) >= 11 is 0. The number of esters is 1. The molecule has 0 bridgehead atoms. The molecule has 2 fully saturated rings. The van der Waals surface area contributed by atoms with Crippen molar-refractivity contribution in [1.82, 2.24) is 4.90 Å². The molecule has 0 aromatic carbocycles. The maximum absolute atomic E-state index is 12.9. The highest BCUT2D eigenvalue weighted by Gasteiger charge is 2.39. The van der Waals surface area contributed by atoms with Crippen LogP contribution in [0.25, 0.3) is 0 Å². The monoisotopic (exact) mass is 338 g/mol. The minimum atomic E-state index is -0.553. The van der Waals surface area contributed by atoms with E-state index in [0.29, 0.717) is 38.6 Å². The summed E-state index contributed by atoms with van der Waals surface area (Å²) in [5, 5.41) is 0. The lowest BCUT2D eigenvalue weighted by atomic mass is 9.80. The lowest BCUT2D eigenvalue weighted by Crippen LogP contribution is -2.52. The molecule has 6 nitrogen and oxygen atoms in total. The lowest BCUT2D eigenvalue weighted by Gasteiger charge is -2.38. The number of rotatable bonds is 3. The molecule has 1 aliphatic carbocycles. The summed E-state index contributed by atoms with van der Waals surface area (Å²) in [4.78, 5) is 38.4. The third kappa shape index (κ3) is 4.71. The second-order valence-electron chi connectivity index (χ2n) is 8.03. The quantitative estimate of drug-likeness (QED) is 0.797.